The Morgan fingerprint density at radius 2 is 1.84 bits per heavy atom. The van der Waals surface area contributed by atoms with Crippen molar-refractivity contribution in [1.29, 1.82) is 0 Å². The van der Waals surface area contributed by atoms with Crippen molar-refractivity contribution < 1.29 is 14.4 Å². The van der Waals surface area contributed by atoms with Crippen molar-refractivity contribution in [3.63, 3.8) is 0 Å². The van der Waals surface area contributed by atoms with Gasteiger partial charge >= 0.3 is 0 Å². The summed E-state index contributed by atoms with van der Waals surface area (Å²) in [7, 11) is 0. The van der Waals surface area contributed by atoms with Crippen molar-refractivity contribution in [3.05, 3.63) is 35.9 Å². The van der Waals surface area contributed by atoms with Crippen LogP contribution in [0.15, 0.2) is 30.3 Å². The fourth-order valence-corrected chi connectivity index (χ4v) is 3.05. The minimum atomic E-state index is -0.648. The van der Waals surface area contributed by atoms with Crippen molar-refractivity contribution >= 4 is 17.6 Å². The highest BCUT2D eigenvalue weighted by Gasteiger charge is 2.38. The molecule has 1 unspecified atom stereocenters. The third-order valence-electron chi connectivity index (χ3n) is 4.47. The van der Waals surface area contributed by atoms with Gasteiger partial charge in [0.2, 0.25) is 11.7 Å². The van der Waals surface area contributed by atoms with Gasteiger partial charge in [-0.1, -0.05) is 43.2 Å². The molecule has 3 N–H and O–H groups in total. The van der Waals surface area contributed by atoms with Crippen LogP contribution < -0.4 is 11.1 Å². The molecule has 1 fully saturated rings. The van der Waals surface area contributed by atoms with Crippen LogP contribution in [0.4, 0.5) is 0 Å². The molecule has 2 amide bonds. The maximum Gasteiger partial charge on any atom is 0.289 e. The molecule has 1 heterocycles. The van der Waals surface area contributed by atoms with Crippen molar-refractivity contribution in [2.24, 2.45) is 5.73 Å². The zero-order valence-corrected chi connectivity index (χ0v) is 14.6. The summed E-state index contributed by atoms with van der Waals surface area (Å²) in [6, 6.07) is 8.86. The van der Waals surface area contributed by atoms with E-state index < -0.39 is 17.7 Å². The minimum absolute atomic E-state index is 0.0724. The zero-order chi connectivity index (χ0) is 18.1. The molecule has 0 aromatic heterocycles. The zero-order valence-electron chi connectivity index (χ0n) is 14.6. The van der Waals surface area contributed by atoms with E-state index in [0.29, 0.717) is 32.5 Å². The molecule has 136 valence electrons. The molecule has 1 atom stereocenters. The van der Waals surface area contributed by atoms with E-state index in [4.69, 9.17) is 5.73 Å². The van der Waals surface area contributed by atoms with Crippen LogP contribution in [0.2, 0.25) is 0 Å². The standard InChI is InChI=1S/C19H27N3O3/c20-12-6-1-2-7-13-21-19(25)18(24)16-10-11-17(23)22(16)14-15-8-4-3-5-9-15/h3-5,8-9,16H,1-2,6-7,10-14,20H2,(H,21,25). The Kier molecular flexibility index (Phi) is 7.60. The van der Waals surface area contributed by atoms with Gasteiger partial charge in [-0.25, -0.2) is 0 Å². The van der Waals surface area contributed by atoms with E-state index in [-0.39, 0.29) is 5.91 Å². The number of carbonyl (C=O) groups is 3. The van der Waals surface area contributed by atoms with Crippen molar-refractivity contribution in [2.75, 3.05) is 13.1 Å². The Morgan fingerprint density at radius 3 is 2.56 bits per heavy atom. The molecule has 0 saturated carbocycles. The molecule has 6 nitrogen and oxygen atoms in total. The fraction of sp³-hybridized carbons (Fsp3) is 0.526. The molecule has 1 aromatic rings. The summed E-state index contributed by atoms with van der Waals surface area (Å²) in [4.78, 5) is 38.2. The van der Waals surface area contributed by atoms with Gasteiger partial charge in [0.1, 0.15) is 6.04 Å². The fourth-order valence-electron chi connectivity index (χ4n) is 3.05. The van der Waals surface area contributed by atoms with Gasteiger partial charge in [0.25, 0.3) is 5.91 Å². The van der Waals surface area contributed by atoms with Crippen molar-refractivity contribution in [1.82, 2.24) is 10.2 Å². The van der Waals surface area contributed by atoms with Crippen molar-refractivity contribution in [3.8, 4) is 0 Å². The summed E-state index contributed by atoms with van der Waals surface area (Å²) >= 11 is 0. The van der Waals surface area contributed by atoms with Gasteiger partial charge in [0.05, 0.1) is 0 Å². The van der Waals surface area contributed by atoms with Gasteiger partial charge in [-0.05, 0) is 31.4 Å². The van der Waals surface area contributed by atoms with E-state index in [9.17, 15) is 14.4 Å². The van der Waals surface area contributed by atoms with Crippen LogP contribution >= 0.6 is 0 Å². The van der Waals surface area contributed by atoms with Gasteiger partial charge in [-0.15, -0.1) is 0 Å². The van der Waals surface area contributed by atoms with Crippen LogP contribution in [0.1, 0.15) is 44.1 Å². The van der Waals surface area contributed by atoms with E-state index >= 15 is 0 Å². The second-order valence-corrected chi connectivity index (χ2v) is 6.38. The number of nitrogens with two attached hydrogens (primary N) is 1. The summed E-state index contributed by atoms with van der Waals surface area (Å²) in [5, 5.41) is 2.68. The van der Waals surface area contributed by atoms with Crippen LogP contribution in [0.5, 0.6) is 0 Å². The molecule has 6 heteroatoms. The van der Waals surface area contributed by atoms with Crippen LogP contribution in [0.25, 0.3) is 0 Å². The van der Waals surface area contributed by atoms with Crippen LogP contribution in [0, 0.1) is 0 Å². The lowest BCUT2D eigenvalue weighted by Crippen LogP contribution is -2.45. The Bertz CT molecular complexity index is 589. The Morgan fingerprint density at radius 1 is 1.12 bits per heavy atom. The van der Waals surface area contributed by atoms with E-state index in [1.807, 2.05) is 30.3 Å². The van der Waals surface area contributed by atoms with Gasteiger partial charge in [0.15, 0.2) is 0 Å². The number of carbonyl (C=O) groups excluding carboxylic acids is 3. The average molecular weight is 345 g/mol. The summed E-state index contributed by atoms with van der Waals surface area (Å²) in [5.41, 5.74) is 6.39. The normalized spacial score (nSPS) is 16.9. The number of rotatable bonds is 10. The first-order chi connectivity index (χ1) is 12.1. The predicted octanol–water partition coefficient (Wildman–Crippen LogP) is 1.38. The quantitative estimate of drug-likeness (QED) is 0.495. The SMILES string of the molecule is NCCCCCCNC(=O)C(=O)C1CCC(=O)N1Cc1ccccc1. The summed E-state index contributed by atoms with van der Waals surface area (Å²) in [6.45, 7) is 1.52. The molecular formula is C19H27N3O3. The Balaban J connectivity index is 1.84. The highest BCUT2D eigenvalue weighted by atomic mass is 16.2. The highest BCUT2D eigenvalue weighted by Crippen LogP contribution is 2.22. The molecule has 25 heavy (non-hydrogen) atoms. The highest BCUT2D eigenvalue weighted by molar-refractivity contribution is 6.38. The van der Waals surface area contributed by atoms with Gasteiger partial charge < -0.3 is 16.0 Å². The molecule has 1 aromatic carbocycles. The van der Waals surface area contributed by atoms with E-state index in [1.54, 1.807) is 0 Å². The number of nitrogens with zero attached hydrogens (tertiary/aromatic N) is 1. The van der Waals surface area contributed by atoms with Gasteiger partial charge in [0, 0.05) is 19.5 Å². The first kappa shape index (κ1) is 19.1. The average Bonchev–Trinajstić information content (AvgIpc) is 2.98. The summed E-state index contributed by atoms with van der Waals surface area (Å²) < 4.78 is 0. The second kappa shape index (κ2) is 9.93. The Labute approximate surface area is 148 Å². The number of unbranched alkanes of at least 4 members (excludes halogenated alkanes) is 3. The number of hydrogen-bond acceptors (Lipinski definition) is 4. The van der Waals surface area contributed by atoms with Crippen LogP contribution in [-0.2, 0) is 20.9 Å². The molecule has 0 bridgehead atoms. The third-order valence-corrected chi connectivity index (χ3v) is 4.47. The van der Waals surface area contributed by atoms with E-state index in [2.05, 4.69) is 5.32 Å². The summed E-state index contributed by atoms with van der Waals surface area (Å²) in [5.74, 6) is -1.17. The predicted molar refractivity (Wildman–Crippen MR) is 95.6 cm³/mol. The molecule has 0 spiro atoms. The topological polar surface area (TPSA) is 92.5 Å². The lowest BCUT2D eigenvalue weighted by Gasteiger charge is -2.23. The molecule has 2 rings (SSSR count). The number of likely N-dealkylation sites (tertiary alicyclic amines) is 1. The number of nitrogens with one attached hydrogen (secondary N) is 1. The van der Waals surface area contributed by atoms with E-state index in [0.717, 1.165) is 31.2 Å². The van der Waals surface area contributed by atoms with Gasteiger partial charge in [-0.2, -0.15) is 0 Å². The lowest BCUT2D eigenvalue weighted by atomic mass is 10.1. The van der Waals surface area contributed by atoms with E-state index in [1.165, 1.54) is 4.90 Å². The van der Waals surface area contributed by atoms with Gasteiger partial charge in [-0.3, -0.25) is 14.4 Å². The first-order valence-corrected chi connectivity index (χ1v) is 8.99. The number of Topliss-reactive ketones (excluding diaryl/α,β-unsaturated/α-hetero) is 1. The maximum atomic E-state index is 12.4. The van der Waals surface area contributed by atoms with Crippen LogP contribution in [-0.4, -0.2) is 41.6 Å². The molecule has 0 radical (unpaired) electrons. The number of hydrogen-bond donors (Lipinski definition) is 2. The molecule has 1 aliphatic heterocycles. The minimum Gasteiger partial charge on any atom is -0.349 e. The number of ketones is 1. The largest absolute Gasteiger partial charge is 0.349 e. The maximum absolute atomic E-state index is 12.4. The summed E-state index contributed by atoms with van der Waals surface area (Å²) in [6.07, 6.45) is 4.54. The second-order valence-electron chi connectivity index (χ2n) is 6.38. The molecular weight excluding hydrogens is 318 g/mol. The number of benzene rings is 1. The molecule has 1 aliphatic rings. The molecule has 0 aliphatic carbocycles. The van der Waals surface area contributed by atoms with Crippen molar-refractivity contribution in [2.45, 2.75) is 51.1 Å². The third kappa shape index (κ3) is 5.67. The monoisotopic (exact) mass is 345 g/mol. The first-order valence-electron chi connectivity index (χ1n) is 8.99. The van der Waals surface area contributed by atoms with Crippen LogP contribution in [0.3, 0.4) is 0 Å². The lowest BCUT2D eigenvalue weighted by molar-refractivity contribution is -0.143. The number of amides is 2. The smallest absolute Gasteiger partial charge is 0.289 e. The Hall–Kier alpha value is -2.21. The molecule has 1 saturated heterocycles.